The third kappa shape index (κ3) is 1.74. The first kappa shape index (κ1) is 9.00. The molecule has 2 unspecified atom stereocenters. The van der Waals surface area contributed by atoms with Crippen LogP contribution >= 0.6 is 0 Å². The van der Waals surface area contributed by atoms with E-state index in [1.807, 2.05) is 13.8 Å². The topological polar surface area (TPSA) is 56.2 Å². The van der Waals surface area contributed by atoms with Crippen LogP contribution in [0.25, 0.3) is 0 Å². The number of nitrogens with two attached hydrogens (primary N) is 1. The van der Waals surface area contributed by atoms with Gasteiger partial charge in [-0.15, -0.1) is 0 Å². The quantitative estimate of drug-likeness (QED) is 0.693. The van der Waals surface area contributed by atoms with Crippen LogP contribution in [0, 0.1) is 5.92 Å². The summed E-state index contributed by atoms with van der Waals surface area (Å²) in [5, 5.41) is 0. The maximum Gasteiger partial charge on any atom is 0.170 e. The van der Waals surface area contributed by atoms with Crippen LogP contribution < -0.4 is 5.73 Å². The van der Waals surface area contributed by atoms with E-state index in [0.717, 1.165) is 0 Å². The monoisotopic (exact) mass is 167 g/mol. The Bertz CT molecular complexity index is 252. The van der Waals surface area contributed by atoms with Crippen molar-refractivity contribution in [1.29, 1.82) is 0 Å². The van der Waals surface area contributed by atoms with E-state index in [1.54, 1.807) is 6.07 Å². The number of furan rings is 1. The Balaban J connectivity index is 2.72. The summed E-state index contributed by atoms with van der Waals surface area (Å²) in [7, 11) is 0. The second-order valence-corrected chi connectivity index (χ2v) is 3.02. The van der Waals surface area contributed by atoms with Crippen LogP contribution in [0.3, 0.4) is 0 Å². The number of Topliss-reactive ketones (excluding diaryl/α,β-unsaturated/α-hetero) is 1. The van der Waals surface area contributed by atoms with Gasteiger partial charge in [-0.05, 0) is 13.0 Å². The largest absolute Gasteiger partial charge is 0.472 e. The molecular weight excluding hydrogens is 154 g/mol. The zero-order chi connectivity index (χ0) is 9.14. The molecule has 1 rings (SSSR count). The van der Waals surface area contributed by atoms with Crippen molar-refractivity contribution in [3.8, 4) is 0 Å². The number of ketones is 1. The molecule has 1 heterocycles. The normalized spacial score (nSPS) is 15.6. The van der Waals surface area contributed by atoms with E-state index in [0.29, 0.717) is 5.56 Å². The summed E-state index contributed by atoms with van der Waals surface area (Å²) in [6, 6.07) is 1.54. The fourth-order valence-corrected chi connectivity index (χ4v) is 0.906. The van der Waals surface area contributed by atoms with E-state index in [-0.39, 0.29) is 17.7 Å². The summed E-state index contributed by atoms with van der Waals surface area (Å²) >= 11 is 0. The number of carbonyl (C=O) groups excluding carboxylic acids is 1. The first-order valence-electron chi connectivity index (χ1n) is 3.95. The highest BCUT2D eigenvalue weighted by Crippen LogP contribution is 2.11. The van der Waals surface area contributed by atoms with Crippen molar-refractivity contribution in [1.82, 2.24) is 0 Å². The van der Waals surface area contributed by atoms with Gasteiger partial charge in [-0.2, -0.15) is 0 Å². The van der Waals surface area contributed by atoms with Crippen molar-refractivity contribution < 1.29 is 9.21 Å². The molecule has 0 fully saturated rings. The van der Waals surface area contributed by atoms with Crippen LogP contribution in [0.2, 0.25) is 0 Å². The van der Waals surface area contributed by atoms with E-state index < -0.39 is 0 Å². The molecule has 0 aliphatic heterocycles. The number of rotatable bonds is 3. The van der Waals surface area contributed by atoms with Crippen molar-refractivity contribution in [3.05, 3.63) is 24.2 Å². The fourth-order valence-electron chi connectivity index (χ4n) is 0.906. The van der Waals surface area contributed by atoms with Gasteiger partial charge in [0.1, 0.15) is 6.26 Å². The Morgan fingerprint density at radius 1 is 1.58 bits per heavy atom. The third-order valence-electron chi connectivity index (χ3n) is 2.01. The Kier molecular flexibility index (Phi) is 2.65. The van der Waals surface area contributed by atoms with Crippen LogP contribution in [0.1, 0.15) is 24.2 Å². The molecule has 0 spiro atoms. The Morgan fingerprint density at radius 3 is 2.67 bits per heavy atom. The standard InChI is InChI=1S/C9H13NO2/c1-6(7(2)10)9(11)8-3-4-12-5-8/h3-7H,10H2,1-2H3. The third-order valence-corrected chi connectivity index (χ3v) is 2.01. The van der Waals surface area contributed by atoms with Crippen molar-refractivity contribution in [3.63, 3.8) is 0 Å². The van der Waals surface area contributed by atoms with Gasteiger partial charge in [0.05, 0.1) is 11.8 Å². The van der Waals surface area contributed by atoms with E-state index in [1.165, 1.54) is 12.5 Å². The minimum Gasteiger partial charge on any atom is -0.472 e. The molecule has 66 valence electrons. The number of carbonyl (C=O) groups is 1. The van der Waals surface area contributed by atoms with Gasteiger partial charge in [-0.25, -0.2) is 0 Å². The van der Waals surface area contributed by atoms with Gasteiger partial charge >= 0.3 is 0 Å². The molecular formula is C9H13NO2. The minimum atomic E-state index is -0.150. The summed E-state index contributed by atoms with van der Waals surface area (Å²) in [4.78, 5) is 11.5. The molecule has 1 aromatic rings. The van der Waals surface area contributed by atoms with Crippen LogP contribution in [0.5, 0.6) is 0 Å². The summed E-state index contributed by atoms with van der Waals surface area (Å²) in [5.74, 6) is -0.110. The molecule has 0 aliphatic rings. The zero-order valence-corrected chi connectivity index (χ0v) is 7.28. The molecule has 12 heavy (non-hydrogen) atoms. The molecule has 0 aromatic carbocycles. The molecule has 0 aliphatic carbocycles. The average Bonchev–Trinajstić information content (AvgIpc) is 2.53. The van der Waals surface area contributed by atoms with E-state index in [2.05, 4.69) is 0 Å². The van der Waals surface area contributed by atoms with E-state index in [9.17, 15) is 4.79 Å². The zero-order valence-electron chi connectivity index (χ0n) is 7.28. The Hall–Kier alpha value is -1.09. The predicted molar refractivity (Wildman–Crippen MR) is 45.9 cm³/mol. The lowest BCUT2D eigenvalue weighted by molar-refractivity contribution is 0.0916. The summed E-state index contributed by atoms with van der Waals surface area (Å²) in [6.45, 7) is 3.64. The summed E-state index contributed by atoms with van der Waals surface area (Å²) in [6.07, 6.45) is 2.93. The first-order chi connectivity index (χ1) is 5.63. The molecule has 2 N–H and O–H groups in total. The average molecular weight is 167 g/mol. The highest BCUT2D eigenvalue weighted by atomic mass is 16.3. The molecule has 0 radical (unpaired) electrons. The lowest BCUT2D eigenvalue weighted by atomic mass is 9.96. The maximum atomic E-state index is 11.5. The SMILES string of the molecule is CC(N)C(C)C(=O)c1ccoc1. The highest BCUT2D eigenvalue weighted by Gasteiger charge is 2.19. The summed E-state index contributed by atoms with van der Waals surface area (Å²) in [5.41, 5.74) is 6.19. The van der Waals surface area contributed by atoms with Crippen molar-refractivity contribution in [2.75, 3.05) is 0 Å². The van der Waals surface area contributed by atoms with Crippen LogP contribution in [-0.2, 0) is 0 Å². The Morgan fingerprint density at radius 2 is 2.25 bits per heavy atom. The molecule has 3 nitrogen and oxygen atoms in total. The predicted octanol–water partition coefficient (Wildman–Crippen LogP) is 1.45. The molecule has 1 aromatic heterocycles. The molecule has 2 atom stereocenters. The van der Waals surface area contributed by atoms with Crippen LogP contribution in [0.4, 0.5) is 0 Å². The highest BCUT2D eigenvalue weighted by molar-refractivity contribution is 5.97. The molecule has 0 bridgehead atoms. The van der Waals surface area contributed by atoms with Crippen molar-refractivity contribution >= 4 is 5.78 Å². The molecule has 0 amide bonds. The van der Waals surface area contributed by atoms with Gasteiger partial charge in [0.2, 0.25) is 0 Å². The van der Waals surface area contributed by atoms with Gasteiger partial charge in [0.15, 0.2) is 5.78 Å². The lowest BCUT2D eigenvalue weighted by Crippen LogP contribution is -2.30. The van der Waals surface area contributed by atoms with Gasteiger partial charge in [0, 0.05) is 12.0 Å². The van der Waals surface area contributed by atoms with Crippen molar-refractivity contribution in [2.24, 2.45) is 11.7 Å². The van der Waals surface area contributed by atoms with Crippen LogP contribution in [0.15, 0.2) is 23.0 Å². The van der Waals surface area contributed by atoms with E-state index >= 15 is 0 Å². The fraction of sp³-hybridized carbons (Fsp3) is 0.444. The number of hydrogen-bond acceptors (Lipinski definition) is 3. The second-order valence-electron chi connectivity index (χ2n) is 3.02. The van der Waals surface area contributed by atoms with Gasteiger partial charge in [-0.1, -0.05) is 6.92 Å². The van der Waals surface area contributed by atoms with Gasteiger partial charge in [0.25, 0.3) is 0 Å². The molecule has 0 saturated carbocycles. The smallest absolute Gasteiger partial charge is 0.170 e. The number of hydrogen-bond donors (Lipinski definition) is 1. The van der Waals surface area contributed by atoms with Gasteiger partial charge in [-0.3, -0.25) is 4.79 Å². The first-order valence-corrected chi connectivity index (χ1v) is 3.95. The molecule has 3 heteroatoms. The Labute approximate surface area is 71.6 Å². The maximum absolute atomic E-state index is 11.5. The second kappa shape index (κ2) is 3.54. The lowest BCUT2D eigenvalue weighted by Gasteiger charge is -2.12. The molecule has 0 saturated heterocycles. The van der Waals surface area contributed by atoms with E-state index in [4.69, 9.17) is 10.2 Å². The summed E-state index contributed by atoms with van der Waals surface area (Å²) < 4.78 is 4.80. The van der Waals surface area contributed by atoms with Crippen LogP contribution in [-0.4, -0.2) is 11.8 Å². The minimum absolute atomic E-state index is 0.0405. The van der Waals surface area contributed by atoms with Crippen molar-refractivity contribution in [2.45, 2.75) is 19.9 Å². The van der Waals surface area contributed by atoms with Gasteiger partial charge < -0.3 is 10.2 Å².